The minimum absolute atomic E-state index is 0.0770. The normalized spacial score (nSPS) is 10.4. The second kappa shape index (κ2) is 8.37. The summed E-state index contributed by atoms with van der Waals surface area (Å²) in [6.45, 7) is 1.52. The molecular formula is C20H20F2O. The Morgan fingerprint density at radius 1 is 0.826 bits per heavy atom. The minimum Gasteiger partial charge on any atom is -0.300 e. The zero-order valence-electron chi connectivity index (χ0n) is 13.2. The highest BCUT2D eigenvalue weighted by atomic mass is 19.3. The molecule has 0 radical (unpaired) electrons. The number of carbonyl (C=O) groups excluding carboxylic acids is 1. The summed E-state index contributed by atoms with van der Waals surface area (Å²) in [7, 11) is 0. The molecule has 3 heteroatoms. The van der Waals surface area contributed by atoms with E-state index in [1.807, 2.05) is 42.5 Å². The highest BCUT2D eigenvalue weighted by Crippen LogP contribution is 2.28. The first-order valence-electron chi connectivity index (χ1n) is 7.77. The molecule has 1 nitrogen and oxygen atoms in total. The molecule has 0 aromatic heterocycles. The number of carbonyl (C=O) groups is 1. The van der Waals surface area contributed by atoms with Crippen LogP contribution in [0, 0.1) is 0 Å². The van der Waals surface area contributed by atoms with Gasteiger partial charge in [-0.15, -0.1) is 0 Å². The lowest BCUT2D eigenvalue weighted by Crippen LogP contribution is -1.92. The second-order valence-corrected chi connectivity index (χ2v) is 5.59. The van der Waals surface area contributed by atoms with E-state index < -0.39 is 6.08 Å². The smallest absolute Gasteiger partial charge is 0.274 e. The van der Waals surface area contributed by atoms with Crippen LogP contribution in [-0.2, 0) is 4.79 Å². The molecule has 2 rings (SSSR count). The van der Waals surface area contributed by atoms with E-state index in [1.54, 1.807) is 12.1 Å². The lowest BCUT2D eigenvalue weighted by atomic mass is 9.97. The number of hydrogen-bond acceptors (Lipinski definition) is 1. The minimum atomic E-state index is -1.64. The molecule has 2 aromatic rings. The van der Waals surface area contributed by atoms with Gasteiger partial charge in [-0.05, 0) is 42.9 Å². The van der Waals surface area contributed by atoms with Gasteiger partial charge < -0.3 is 4.79 Å². The number of benzene rings is 2. The third kappa shape index (κ3) is 5.13. The number of unbranched alkanes of at least 4 members (excludes halogenated alkanes) is 1. The van der Waals surface area contributed by atoms with Gasteiger partial charge in [0.1, 0.15) is 5.78 Å². The molecule has 0 saturated carbocycles. The fourth-order valence-electron chi connectivity index (χ4n) is 2.52. The van der Waals surface area contributed by atoms with Gasteiger partial charge in [0.05, 0.1) is 0 Å². The zero-order valence-corrected chi connectivity index (χ0v) is 13.2. The average molecular weight is 314 g/mol. The van der Waals surface area contributed by atoms with E-state index in [4.69, 9.17) is 0 Å². The highest BCUT2D eigenvalue weighted by Gasteiger charge is 2.10. The molecule has 0 aliphatic carbocycles. The summed E-state index contributed by atoms with van der Waals surface area (Å²) in [5, 5.41) is 0. The fraction of sp³-hybridized carbons (Fsp3) is 0.250. The number of ketones is 1. The van der Waals surface area contributed by atoms with Crippen LogP contribution in [0.2, 0.25) is 0 Å². The molecule has 0 heterocycles. The number of hydrogen-bond donors (Lipinski definition) is 0. The van der Waals surface area contributed by atoms with Gasteiger partial charge in [0.25, 0.3) is 6.08 Å². The van der Waals surface area contributed by atoms with Gasteiger partial charge in [0.15, 0.2) is 0 Å². The van der Waals surface area contributed by atoms with Gasteiger partial charge in [-0.3, -0.25) is 0 Å². The van der Waals surface area contributed by atoms with E-state index in [0.29, 0.717) is 31.2 Å². The average Bonchev–Trinajstić information content (AvgIpc) is 2.55. The highest BCUT2D eigenvalue weighted by molar-refractivity contribution is 5.75. The van der Waals surface area contributed by atoms with Crippen LogP contribution in [-0.4, -0.2) is 5.78 Å². The summed E-state index contributed by atoms with van der Waals surface area (Å²) < 4.78 is 26.4. The quantitative estimate of drug-likeness (QED) is 0.563. The standard InChI is InChI=1S/C20H20F2O/c1-15(23)7-5-6-10-19(20(21)22)18-13-11-17(12-14-18)16-8-3-2-4-9-16/h2-4,8-9,11-14H,5-7,10H2,1H3. The molecule has 120 valence electrons. The Morgan fingerprint density at radius 3 is 1.96 bits per heavy atom. The summed E-state index contributed by atoms with van der Waals surface area (Å²) >= 11 is 0. The summed E-state index contributed by atoms with van der Waals surface area (Å²) in [5.74, 6) is 0.100. The van der Waals surface area contributed by atoms with Crippen molar-refractivity contribution < 1.29 is 13.6 Å². The van der Waals surface area contributed by atoms with Crippen molar-refractivity contribution in [2.75, 3.05) is 0 Å². The van der Waals surface area contributed by atoms with Gasteiger partial charge in [0, 0.05) is 12.0 Å². The summed E-state index contributed by atoms with van der Waals surface area (Å²) in [6, 6.07) is 17.0. The van der Waals surface area contributed by atoms with Gasteiger partial charge in [-0.1, -0.05) is 54.6 Å². The Bertz CT molecular complexity index is 669. The van der Waals surface area contributed by atoms with Crippen molar-refractivity contribution in [3.05, 3.63) is 66.2 Å². The first-order chi connectivity index (χ1) is 11.1. The predicted octanol–water partition coefficient (Wildman–Crippen LogP) is 6.11. The summed E-state index contributed by atoms with van der Waals surface area (Å²) in [5.41, 5.74) is 2.69. The third-order valence-electron chi connectivity index (χ3n) is 3.77. The van der Waals surface area contributed by atoms with Crippen molar-refractivity contribution in [2.24, 2.45) is 0 Å². The van der Waals surface area contributed by atoms with Crippen molar-refractivity contribution >= 4 is 11.4 Å². The van der Waals surface area contributed by atoms with Crippen molar-refractivity contribution in [2.45, 2.75) is 32.6 Å². The molecule has 0 N–H and O–H groups in total. The van der Waals surface area contributed by atoms with Gasteiger partial charge >= 0.3 is 0 Å². The van der Waals surface area contributed by atoms with E-state index in [-0.39, 0.29) is 11.4 Å². The van der Waals surface area contributed by atoms with Crippen LogP contribution in [0.25, 0.3) is 16.7 Å². The van der Waals surface area contributed by atoms with Crippen molar-refractivity contribution in [3.63, 3.8) is 0 Å². The maximum atomic E-state index is 13.2. The van der Waals surface area contributed by atoms with E-state index in [2.05, 4.69) is 0 Å². The lowest BCUT2D eigenvalue weighted by molar-refractivity contribution is -0.117. The Morgan fingerprint density at radius 2 is 1.39 bits per heavy atom. The molecule has 0 unspecified atom stereocenters. The molecule has 23 heavy (non-hydrogen) atoms. The molecule has 0 aliphatic rings. The van der Waals surface area contributed by atoms with Gasteiger partial charge in [0.2, 0.25) is 0 Å². The molecule has 0 amide bonds. The topological polar surface area (TPSA) is 17.1 Å². The number of Topliss-reactive ketones (excluding diaryl/α,β-unsaturated/α-hetero) is 1. The fourth-order valence-corrected chi connectivity index (χ4v) is 2.52. The number of rotatable bonds is 7. The maximum absolute atomic E-state index is 13.2. The van der Waals surface area contributed by atoms with Crippen LogP contribution in [0.3, 0.4) is 0 Å². The monoisotopic (exact) mass is 314 g/mol. The van der Waals surface area contributed by atoms with Crippen molar-refractivity contribution in [1.29, 1.82) is 0 Å². The Kier molecular flexibility index (Phi) is 6.21. The first kappa shape index (κ1) is 17.1. The molecule has 0 atom stereocenters. The predicted molar refractivity (Wildman–Crippen MR) is 90.2 cm³/mol. The molecule has 0 saturated heterocycles. The van der Waals surface area contributed by atoms with Gasteiger partial charge in [-0.25, -0.2) is 0 Å². The van der Waals surface area contributed by atoms with Crippen LogP contribution in [0.5, 0.6) is 0 Å². The molecule has 0 bridgehead atoms. The van der Waals surface area contributed by atoms with Crippen LogP contribution >= 0.6 is 0 Å². The Labute approximate surface area is 135 Å². The Hall–Kier alpha value is -2.29. The van der Waals surface area contributed by atoms with E-state index >= 15 is 0 Å². The van der Waals surface area contributed by atoms with Crippen molar-refractivity contribution in [3.8, 4) is 11.1 Å². The molecular weight excluding hydrogens is 294 g/mol. The molecule has 2 aromatic carbocycles. The molecule has 0 fully saturated rings. The number of allylic oxidation sites excluding steroid dienone is 1. The van der Waals surface area contributed by atoms with E-state index in [0.717, 1.165) is 11.1 Å². The first-order valence-corrected chi connectivity index (χ1v) is 7.77. The second-order valence-electron chi connectivity index (χ2n) is 5.59. The summed E-state index contributed by atoms with van der Waals surface area (Å²) in [6.07, 6.45) is 0.343. The van der Waals surface area contributed by atoms with E-state index in [9.17, 15) is 13.6 Å². The third-order valence-corrected chi connectivity index (χ3v) is 3.77. The molecule has 0 spiro atoms. The van der Waals surface area contributed by atoms with E-state index in [1.165, 1.54) is 6.92 Å². The number of halogens is 2. The van der Waals surface area contributed by atoms with Crippen LogP contribution in [0.1, 0.15) is 38.2 Å². The maximum Gasteiger partial charge on any atom is 0.274 e. The zero-order chi connectivity index (χ0) is 16.7. The van der Waals surface area contributed by atoms with Crippen LogP contribution in [0.4, 0.5) is 8.78 Å². The SMILES string of the molecule is CC(=O)CCCCC(=C(F)F)c1ccc(-c2ccccc2)cc1. The summed E-state index contributed by atoms with van der Waals surface area (Å²) in [4.78, 5) is 10.9. The lowest BCUT2D eigenvalue weighted by Gasteiger charge is -2.08. The van der Waals surface area contributed by atoms with Crippen LogP contribution in [0.15, 0.2) is 60.7 Å². The molecule has 0 aliphatic heterocycles. The van der Waals surface area contributed by atoms with Crippen molar-refractivity contribution in [1.82, 2.24) is 0 Å². The van der Waals surface area contributed by atoms with Gasteiger partial charge in [-0.2, -0.15) is 8.78 Å². The Balaban J connectivity index is 2.09. The van der Waals surface area contributed by atoms with Crippen LogP contribution < -0.4 is 0 Å². The largest absolute Gasteiger partial charge is 0.300 e.